The smallest absolute Gasteiger partial charge is 0.324 e. The van der Waals surface area contributed by atoms with Gasteiger partial charge in [-0.2, -0.15) is 0 Å². The van der Waals surface area contributed by atoms with Gasteiger partial charge in [-0.15, -0.1) is 0 Å². The first-order chi connectivity index (χ1) is 9.03. The number of benzene rings is 2. The fourth-order valence-electron chi connectivity index (χ4n) is 1.60. The molecule has 2 aromatic rings. The van der Waals surface area contributed by atoms with E-state index < -0.39 is 7.60 Å². The van der Waals surface area contributed by atoms with E-state index in [1.165, 1.54) is 0 Å². The third-order valence-electron chi connectivity index (χ3n) is 2.47. The topological polar surface area (TPSA) is 57.5 Å². The Bertz CT molecular complexity index is 645. The van der Waals surface area contributed by atoms with Crippen molar-refractivity contribution in [1.29, 1.82) is 0 Å². The van der Waals surface area contributed by atoms with E-state index in [0.717, 1.165) is 11.1 Å². The van der Waals surface area contributed by atoms with Gasteiger partial charge in [-0.3, -0.25) is 4.57 Å². The van der Waals surface area contributed by atoms with Gasteiger partial charge < -0.3 is 9.79 Å². The third-order valence-corrected chi connectivity index (χ3v) is 3.24. The maximum atomic E-state index is 10.9. The molecule has 4 heteroatoms. The minimum Gasteiger partial charge on any atom is -0.324 e. The molecular weight excluding hydrogens is 259 g/mol. The number of rotatable bonds is 2. The average Bonchev–Trinajstić information content (AvgIpc) is 2.37. The van der Waals surface area contributed by atoms with Gasteiger partial charge in [0, 0.05) is 11.1 Å². The van der Waals surface area contributed by atoms with Gasteiger partial charge in [0.05, 0.1) is 6.16 Å². The molecule has 0 unspecified atom stereocenters. The van der Waals surface area contributed by atoms with Gasteiger partial charge in [-0.25, -0.2) is 0 Å². The first-order valence-electron chi connectivity index (χ1n) is 5.73. The zero-order valence-corrected chi connectivity index (χ0v) is 11.0. The Morgan fingerprint density at radius 2 is 1.37 bits per heavy atom. The predicted molar refractivity (Wildman–Crippen MR) is 74.6 cm³/mol. The summed E-state index contributed by atoms with van der Waals surface area (Å²) in [6.45, 7) is 0. The van der Waals surface area contributed by atoms with E-state index in [1.54, 1.807) is 24.3 Å². The second kappa shape index (κ2) is 5.86. The van der Waals surface area contributed by atoms with Crippen molar-refractivity contribution in [2.45, 2.75) is 6.16 Å². The van der Waals surface area contributed by atoms with Crippen LogP contribution in [0.5, 0.6) is 0 Å². The summed E-state index contributed by atoms with van der Waals surface area (Å²) >= 11 is 0. The summed E-state index contributed by atoms with van der Waals surface area (Å²) in [7, 11) is -4.00. The molecule has 0 atom stereocenters. The molecule has 0 fully saturated rings. The highest BCUT2D eigenvalue weighted by Gasteiger charge is 2.13. The van der Waals surface area contributed by atoms with Gasteiger partial charge in [0.1, 0.15) is 0 Å². The van der Waals surface area contributed by atoms with E-state index in [4.69, 9.17) is 9.79 Å². The van der Waals surface area contributed by atoms with Crippen LogP contribution in [0.15, 0.2) is 54.6 Å². The fourth-order valence-corrected chi connectivity index (χ4v) is 2.28. The van der Waals surface area contributed by atoms with Crippen LogP contribution in [0, 0.1) is 11.8 Å². The molecule has 0 aliphatic carbocycles. The number of hydrogen-bond acceptors (Lipinski definition) is 1. The van der Waals surface area contributed by atoms with Gasteiger partial charge in [0.15, 0.2) is 0 Å². The highest BCUT2D eigenvalue weighted by Crippen LogP contribution is 2.38. The molecule has 2 rings (SSSR count). The fraction of sp³-hybridized carbons (Fsp3) is 0.0667. The van der Waals surface area contributed by atoms with Crippen molar-refractivity contribution in [1.82, 2.24) is 0 Å². The molecule has 2 N–H and O–H groups in total. The first kappa shape index (κ1) is 13.6. The normalized spacial score (nSPS) is 10.6. The van der Waals surface area contributed by atoms with Crippen molar-refractivity contribution in [2.75, 3.05) is 0 Å². The first-order valence-corrected chi connectivity index (χ1v) is 7.53. The molecule has 0 saturated heterocycles. The van der Waals surface area contributed by atoms with Gasteiger partial charge in [0.25, 0.3) is 0 Å². The van der Waals surface area contributed by atoms with Gasteiger partial charge in [-0.05, 0) is 29.8 Å². The summed E-state index contributed by atoms with van der Waals surface area (Å²) in [6, 6.07) is 16.5. The summed E-state index contributed by atoms with van der Waals surface area (Å²) in [6.07, 6.45) is -0.237. The largest absolute Gasteiger partial charge is 0.329 e. The van der Waals surface area contributed by atoms with E-state index >= 15 is 0 Å². The van der Waals surface area contributed by atoms with E-state index in [-0.39, 0.29) is 6.16 Å². The Morgan fingerprint density at radius 3 is 1.89 bits per heavy atom. The molecule has 3 nitrogen and oxygen atoms in total. The molecule has 0 aliphatic heterocycles. The molecular formula is C15H13O3P. The lowest BCUT2D eigenvalue weighted by atomic mass is 10.1. The Balaban J connectivity index is 2.12. The standard InChI is InChI=1S/C15H13O3P/c16-19(17,18)12-15-10-8-14(9-11-15)7-6-13-4-2-1-3-5-13/h1-5,8-11H,12H2,(H2,16,17,18). The summed E-state index contributed by atoms with van der Waals surface area (Å²) in [5, 5.41) is 0. The lowest BCUT2D eigenvalue weighted by Crippen LogP contribution is -1.87. The quantitative estimate of drug-likeness (QED) is 0.653. The van der Waals surface area contributed by atoms with Crippen LogP contribution < -0.4 is 0 Å². The molecule has 0 amide bonds. The van der Waals surface area contributed by atoms with E-state index in [2.05, 4.69) is 11.8 Å². The van der Waals surface area contributed by atoms with E-state index in [1.807, 2.05) is 30.3 Å². The molecule has 96 valence electrons. The monoisotopic (exact) mass is 272 g/mol. The average molecular weight is 272 g/mol. The van der Waals surface area contributed by atoms with Crippen molar-refractivity contribution in [3.8, 4) is 11.8 Å². The Hall–Kier alpha value is -1.85. The molecule has 0 aliphatic rings. The van der Waals surface area contributed by atoms with E-state index in [9.17, 15) is 4.57 Å². The summed E-state index contributed by atoms with van der Waals surface area (Å²) in [5.74, 6) is 6.03. The molecule has 0 aromatic heterocycles. The van der Waals surface area contributed by atoms with E-state index in [0.29, 0.717) is 5.56 Å². The van der Waals surface area contributed by atoms with Crippen molar-refractivity contribution >= 4 is 7.60 Å². The highest BCUT2D eigenvalue weighted by molar-refractivity contribution is 7.50. The minimum absolute atomic E-state index is 0.237. The highest BCUT2D eigenvalue weighted by atomic mass is 31.2. The lowest BCUT2D eigenvalue weighted by Gasteiger charge is -2.03. The van der Waals surface area contributed by atoms with Crippen LogP contribution in [-0.4, -0.2) is 9.79 Å². The molecule has 2 aromatic carbocycles. The molecule has 19 heavy (non-hydrogen) atoms. The van der Waals surface area contributed by atoms with Crippen molar-refractivity contribution in [3.63, 3.8) is 0 Å². The SMILES string of the molecule is O=P(O)(O)Cc1ccc(C#Cc2ccccc2)cc1. The maximum absolute atomic E-state index is 10.9. The van der Waals surface area contributed by atoms with Crippen molar-refractivity contribution in [3.05, 3.63) is 71.3 Å². The molecule has 0 radical (unpaired) electrons. The van der Waals surface area contributed by atoms with Crippen molar-refractivity contribution < 1.29 is 14.4 Å². The second-order valence-corrected chi connectivity index (χ2v) is 5.78. The third kappa shape index (κ3) is 4.73. The molecule has 0 bridgehead atoms. The Morgan fingerprint density at radius 1 is 0.842 bits per heavy atom. The molecule has 0 spiro atoms. The summed E-state index contributed by atoms with van der Waals surface area (Å²) in [4.78, 5) is 17.8. The van der Waals surface area contributed by atoms with Crippen LogP contribution in [0.2, 0.25) is 0 Å². The van der Waals surface area contributed by atoms with Crippen LogP contribution in [-0.2, 0) is 10.7 Å². The Labute approximate surface area is 112 Å². The van der Waals surface area contributed by atoms with Crippen LogP contribution >= 0.6 is 7.60 Å². The number of hydrogen-bond donors (Lipinski definition) is 2. The van der Waals surface area contributed by atoms with Crippen LogP contribution in [0.25, 0.3) is 0 Å². The maximum Gasteiger partial charge on any atom is 0.329 e. The van der Waals surface area contributed by atoms with Gasteiger partial charge in [-0.1, -0.05) is 42.2 Å². The zero-order chi connectivity index (χ0) is 13.7. The van der Waals surface area contributed by atoms with Crippen LogP contribution in [0.4, 0.5) is 0 Å². The van der Waals surface area contributed by atoms with Crippen LogP contribution in [0.1, 0.15) is 16.7 Å². The van der Waals surface area contributed by atoms with Gasteiger partial charge >= 0.3 is 7.60 Å². The zero-order valence-electron chi connectivity index (χ0n) is 10.2. The van der Waals surface area contributed by atoms with Crippen molar-refractivity contribution in [2.24, 2.45) is 0 Å². The van der Waals surface area contributed by atoms with Gasteiger partial charge in [0.2, 0.25) is 0 Å². The van der Waals surface area contributed by atoms with Crippen LogP contribution in [0.3, 0.4) is 0 Å². The second-order valence-electron chi connectivity index (χ2n) is 4.14. The predicted octanol–water partition coefficient (Wildman–Crippen LogP) is 2.76. The Kier molecular flexibility index (Phi) is 4.19. The summed E-state index contributed by atoms with van der Waals surface area (Å²) in [5.41, 5.74) is 2.36. The molecule has 0 saturated carbocycles. The summed E-state index contributed by atoms with van der Waals surface area (Å²) < 4.78 is 10.9. The molecule has 0 heterocycles. The lowest BCUT2D eigenvalue weighted by molar-refractivity contribution is 0.371. The minimum atomic E-state index is -4.00.